The average molecular weight is 876 g/mol. The molecule has 8 aliphatic rings. The van der Waals surface area contributed by atoms with Gasteiger partial charge in [0.15, 0.2) is 0 Å². The number of aliphatic hydroxyl groups is 1. The van der Waals surface area contributed by atoms with Crippen LogP contribution < -0.4 is 0 Å². The van der Waals surface area contributed by atoms with E-state index in [4.69, 9.17) is 33.0 Å². The molecule has 61 heavy (non-hydrogen) atoms. The Hall–Kier alpha value is -2.76. The summed E-state index contributed by atoms with van der Waals surface area (Å²) in [6.45, 7) is 8.71. The first-order valence-corrected chi connectivity index (χ1v) is 24.3. The Kier molecular flexibility index (Phi) is 15.0. The van der Waals surface area contributed by atoms with Crippen molar-refractivity contribution < 1.29 is 24.5 Å². The lowest BCUT2D eigenvalue weighted by Gasteiger charge is -2.58. The van der Waals surface area contributed by atoms with Crippen molar-refractivity contribution in [3.63, 3.8) is 0 Å². The number of carbonyl (C=O) groups excluding carboxylic acids is 1. The molecule has 4 bridgehead atoms. The normalized spacial score (nSPS) is 33.8. The molecular weight excluding hydrogens is 807 g/mol. The molecule has 10 atom stereocenters. The molecule has 2 unspecified atom stereocenters. The van der Waals surface area contributed by atoms with Gasteiger partial charge in [0.2, 0.25) is 0 Å². The van der Waals surface area contributed by atoms with Gasteiger partial charge in [-0.05, 0) is 157 Å². The smallest absolute Gasteiger partial charge is 0.331 e. The maximum atomic E-state index is 12.4. The molecule has 0 saturated carbocycles. The lowest BCUT2D eigenvalue weighted by molar-refractivity contribution is -0.150. The summed E-state index contributed by atoms with van der Waals surface area (Å²) >= 11 is 11.9. The molecule has 0 amide bonds. The highest BCUT2D eigenvalue weighted by molar-refractivity contribution is 6.31. The lowest BCUT2D eigenvalue weighted by Crippen LogP contribution is -2.65. The van der Waals surface area contributed by atoms with Crippen LogP contribution >= 0.6 is 23.2 Å². The third-order valence-electron chi connectivity index (χ3n) is 15.4. The van der Waals surface area contributed by atoms with Crippen molar-refractivity contribution in [3.05, 3.63) is 80.8 Å². The standard InChI is InChI=1S/C25H33ClN2O2.C15H26N2O.C10H9ClO2/c1-17-12-18(5-7-24(17)26)6-8-25(29)30-23-9-11-28-20-13-19-4-2-3-10-27(19)21(14-20)15-22(28)16-23;18-15-4-6-17-12-7-11-3-1-2-5-16(11)13(8-12)9-14(17)10-15;1-7-6-8(2-4-9(7)11)3-5-10(12)13/h5-8,12,19-23H,2-4,9-11,13-16H2,1H3;11-15,18H,1-10H2;2-6H,1H3,(H,12,13)/b8-6-;;5-3+/t19-,20+,21+,22-,23?;11-,12+,13+,14-,15?;/m11./s1. The van der Waals surface area contributed by atoms with Crippen LogP contribution in [0.5, 0.6) is 0 Å². The summed E-state index contributed by atoms with van der Waals surface area (Å²) in [4.78, 5) is 33.8. The lowest BCUT2D eigenvalue weighted by atomic mass is 9.76. The Morgan fingerprint density at radius 1 is 0.574 bits per heavy atom. The third kappa shape index (κ3) is 11.1. The monoisotopic (exact) mass is 874 g/mol. The number of piperidine rings is 8. The minimum atomic E-state index is -0.951. The van der Waals surface area contributed by atoms with Crippen molar-refractivity contribution >= 4 is 47.3 Å². The summed E-state index contributed by atoms with van der Waals surface area (Å²) in [5.41, 5.74) is 3.76. The van der Waals surface area contributed by atoms with Crippen LogP contribution in [0.1, 0.15) is 125 Å². The summed E-state index contributed by atoms with van der Waals surface area (Å²) in [6, 6.07) is 17.3. The molecule has 2 aromatic rings. The molecule has 8 aliphatic heterocycles. The molecule has 2 N–H and O–H groups in total. The van der Waals surface area contributed by atoms with E-state index in [2.05, 4.69) is 19.6 Å². The molecule has 9 nitrogen and oxygen atoms in total. The van der Waals surface area contributed by atoms with Crippen molar-refractivity contribution in [2.24, 2.45) is 0 Å². The highest BCUT2D eigenvalue weighted by atomic mass is 35.5. The van der Waals surface area contributed by atoms with Crippen LogP contribution in [-0.4, -0.2) is 128 Å². The summed E-state index contributed by atoms with van der Waals surface area (Å²) in [7, 11) is 0. The fourth-order valence-electron chi connectivity index (χ4n) is 12.6. The van der Waals surface area contributed by atoms with Gasteiger partial charge in [-0.25, -0.2) is 9.59 Å². The average Bonchev–Trinajstić information content (AvgIpc) is 3.25. The number of benzene rings is 2. The summed E-state index contributed by atoms with van der Waals surface area (Å²) in [6.07, 6.45) is 26.6. The quantitative estimate of drug-likeness (QED) is 0.225. The molecular formula is C50H68Cl2N4O5. The third-order valence-corrected chi connectivity index (χ3v) is 16.3. The number of carboxylic acid groups (broad SMARTS) is 1. The van der Waals surface area contributed by atoms with E-state index >= 15 is 0 Å². The minimum absolute atomic E-state index is 0.0257. The maximum absolute atomic E-state index is 12.4. The molecule has 0 spiro atoms. The van der Waals surface area contributed by atoms with Crippen LogP contribution in [0.25, 0.3) is 12.2 Å². The van der Waals surface area contributed by atoms with Crippen LogP contribution in [0.2, 0.25) is 10.0 Å². The number of fused-ring (bicyclic) bond motifs is 12. The molecule has 8 fully saturated rings. The van der Waals surface area contributed by atoms with Gasteiger partial charge in [0, 0.05) is 90.0 Å². The number of aliphatic hydroxyl groups excluding tert-OH is 1. The first kappa shape index (κ1) is 44.8. The van der Waals surface area contributed by atoms with Gasteiger partial charge in [0.05, 0.1) is 6.10 Å². The van der Waals surface area contributed by atoms with E-state index in [0.29, 0.717) is 17.1 Å². The molecule has 0 aromatic heterocycles. The number of rotatable bonds is 5. The molecule has 8 heterocycles. The van der Waals surface area contributed by atoms with Crippen molar-refractivity contribution in [2.75, 3.05) is 26.2 Å². The number of esters is 1. The largest absolute Gasteiger partial charge is 0.478 e. The molecule has 332 valence electrons. The summed E-state index contributed by atoms with van der Waals surface area (Å²) < 4.78 is 5.85. The van der Waals surface area contributed by atoms with E-state index in [0.717, 1.165) is 108 Å². The van der Waals surface area contributed by atoms with E-state index < -0.39 is 5.97 Å². The van der Waals surface area contributed by atoms with Crippen LogP contribution in [0.3, 0.4) is 0 Å². The number of nitrogens with zero attached hydrogens (tertiary/aromatic N) is 4. The SMILES string of the molecule is Cc1cc(/C=C/C(=O)O)ccc1Cl.Cc1cc(/C=C\C(=O)OC2CCN3[C@@H]4C[C@@H](C[C@@H]3C2)N2CCCC[C@@H]2C4)ccc1Cl.OC1CCN2[C@@H]3C[C@@H](C[C@@H]2C1)N1CCCC[C@@H]1C3. The molecule has 11 heteroatoms. The highest BCUT2D eigenvalue weighted by Gasteiger charge is 2.48. The summed E-state index contributed by atoms with van der Waals surface area (Å²) in [5, 5.41) is 19.7. The number of carboxylic acids is 1. The maximum Gasteiger partial charge on any atom is 0.331 e. The van der Waals surface area contributed by atoms with Crippen molar-refractivity contribution in [2.45, 2.75) is 177 Å². The fourth-order valence-corrected chi connectivity index (χ4v) is 12.8. The molecule has 0 aliphatic carbocycles. The van der Waals surface area contributed by atoms with Crippen molar-refractivity contribution in [3.8, 4) is 0 Å². The highest BCUT2D eigenvalue weighted by Crippen LogP contribution is 2.43. The Morgan fingerprint density at radius 3 is 1.52 bits per heavy atom. The van der Waals surface area contributed by atoms with E-state index in [1.807, 2.05) is 44.2 Å². The zero-order valence-electron chi connectivity index (χ0n) is 36.4. The van der Waals surface area contributed by atoms with Gasteiger partial charge in [-0.2, -0.15) is 0 Å². The number of hydrogen-bond donors (Lipinski definition) is 2. The minimum Gasteiger partial charge on any atom is -0.478 e. The predicted octanol–water partition coefficient (Wildman–Crippen LogP) is 9.17. The van der Waals surface area contributed by atoms with Gasteiger partial charge >= 0.3 is 11.9 Å². The van der Waals surface area contributed by atoms with Crippen LogP contribution in [0.4, 0.5) is 0 Å². The number of aryl methyl sites for hydroxylation is 2. The van der Waals surface area contributed by atoms with Gasteiger partial charge in [0.1, 0.15) is 6.10 Å². The van der Waals surface area contributed by atoms with Gasteiger partial charge in [-0.15, -0.1) is 0 Å². The zero-order valence-corrected chi connectivity index (χ0v) is 37.9. The number of hydrogen-bond acceptors (Lipinski definition) is 8. The Morgan fingerprint density at radius 2 is 1.02 bits per heavy atom. The van der Waals surface area contributed by atoms with Crippen LogP contribution in [-0.2, 0) is 14.3 Å². The van der Waals surface area contributed by atoms with Crippen molar-refractivity contribution in [1.29, 1.82) is 0 Å². The Balaban J connectivity index is 0.000000140. The first-order chi connectivity index (χ1) is 29.5. The predicted molar refractivity (Wildman–Crippen MR) is 245 cm³/mol. The van der Waals surface area contributed by atoms with Gasteiger partial charge < -0.3 is 14.9 Å². The van der Waals surface area contributed by atoms with Gasteiger partial charge in [-0.1, -0.05) is 60.3 Å². The second-order valence-corrected chi connectivity index (χ2v) is 20.2. The number of carbonyl (C=O) groups is 2. The molecule has 8 saturated heterocycles. The molecule has 10 rings (SSSR count). The van der Waals surface area contributed by atoms with Crippen molar-refractivity contribution in [1.82, 2.24) is 19.6 Å². The molecule has 2 aromatic carbocycles. The number of aliphatic carboxylic acids is 1. The van der Waals surface area contributed by atoms with Gasteiger partial charge in [-0.3, -0.25) is 19.6 Å². The van der Waals surface area contributed by atoms with E-state index in [1.54, 1.807) is 18.2 Å². The molecule has 0 radical (unpaired) electrons. The summed E-state index contributed by atoms with van der Waals surface area (Å²) in [5.74, 6) is -1.18. The fraction of sp³-hybridized carbons (Fsp3) is 0.640. The van der Waals surface area contributed by atoms with Gasteiger partial charge in [0.25, 0.3) is 0 Å². The van der Waals surface area contributed by atoms with Crippen LogP contribution in [0.15, 0.2) is 48.6 Å². The second kappa shape index (κ2) is 20.4. The number of ether oxygens (including phenoxy) is 1. The zero-order chi connectivity index (χ0) is 42.6. The topological polar surface area (TPSA) is 96.8 Å². The van der Waals surface area contributed by atoms with E-state index in [1.165, 1.54) is 96.2 Å². The first-order valence-electron chi connectivity index (χ1n) is 23.5. The van der Waals surface area contributed by atoms with E-state index in [9.17, 15) is 14.7 Å². The number of halogens is 2. The Bertz CT molecular complexity index is 1910. The van der Waals surface area contributed by atoms with Crippen LogP contribution in [0, 0.1) is 13.8 Å². The Labute approximate surface area is 374 Å². The second-order valence-electron chi connectivity index (χ2n) is 19.4. The van der Waals surface area contributed by atoms with E-state index in [-0.39, 0.29) is 18.2 Å².